The number of benzene rings is 6. The Morgan fingerprint density at radius 2 is 0.493 bits per heavy atom. The molecule has 9 aromatic rings. The average Bonchev–Trinajstić information content (AvgIpc) is 1.20. The van der Waals surface area contributed by atoms with Gasteiger partial charge in [0.05, 0.1) is 39.6 Å². The monoisotopic (exact) mass is 1920 g/mol. The maximum atomic E-state index is 13.6. The number of phenolic OH excluding ortho intramolecular Hbond substituents is 15. The predicted molar refractivity (Wildman–Crippen MR) is 425 cm³/mol. The van der Waals surface area contributed by atoms with Gasteiger partial charge in [0, 0.05) is 53.1 Å². The summed E-state index contributed by atoms with van der Waals surface area (Å²) in [6, 6.07) is 10.6. The van der Waals surface area contributed by atoms with Crippen LogP contribution in [0.1, 0.15) is 1.43 Å². The molecule has 134 heavy (non-hydrogen) atoms. The molecule has 9 heterocycles. The van der Waals surface area contributed by atoms with Crippen LogP contribution < -0.4 is 60.1 Å². The van der Waals surface area contributed by atoms with Crippen LogP contribution in [0.5, 0.6) is 103 Å². The average molecular weight is 1920 g/mol. The minimum absolute atomic E-state index is 0. The molecular formula is C80H89NaO53. The Hall–Kier alpha value is -10.8. The van der Waals surface area contributed by atoms with Crippen molar-refractivity contribution in [1.82, 2.24) is 0 Å². The van der Waals surface area contributed by atoms with Crippen molar-refractivity contribution in [2.24, 2.45) is 0 Å². The van der Waals surface area contributed by atoms with Gasteiger partial charge in [-0.15, -0.1) is 0 Å². The second-order valence-electron chi connectivity index (χ2n) is 30.8. The molecule has 0 saturated carbocycles. The maximum Gasteiger partial charge on any atom is 1.00 e. The van der Waals surface area contributed by atoms with Gasteiger partial charge in [-0.2, -0.15) is 0 Å². The van der Waals surface area contributed by atoms with E-state index in [9.17, 15) is 193 Å². The fourth-order valence-electron chi connectivity index (χ4n) is 14.8. The quantitative estimate of drug-likeness (QED) is 0.0235. The molecule has 3 aromatic heterocycles. The third-order valence-electron chi connectivity index (χ3n) is 21.9. The van der Waals surface area contributed by atoms with Crippen LogP contribution in [0.15, 0.2) is 100 Å². The van der Waals surface area contributed by atoms with E-state index in [-0.39, 0.29) is 53.3 Å². The first kappa shape index (κ1) is 102. The van der Waals surface area contributed by atoms with E-state index in [4.69, 9.17) is 70.1 Å². The number of rotatable bonds is 21. The second kappa shape index (κ2) is 41.4. The van der Waals surface area contributed by atoms with E-state index in [1.165, 1.54) is 0 Å². The first-order chi connectivity index (χ1) is 62.8. The third-order valence-corrected chi connectivity index (χ3v) is 21.9. The molecule has 728 valence electrons. The van der Waals surface area contributed by atoms with E-state index in [1.54, 1.807) is 0 Å². The maximum absolute atomic E-state index is 13.6. The van der Waals surface area contributed by atoms with Crippen molar-refractivity contribution in [1.29, 1.82) is 0 Å². The molecule has 0 radical (unpaired) electrons. The normalized spacial score (nSPS) is 31.5. The molecule has 54 heteroatoms. The zero-order chi connectivity index (χ0) is 97.1. The molecule has 0 spiro atoms. The number of phenols is 15. The Bertz CT molecular complexity index is 5660. The zero-order valence-electron chi connectivity index (χ0n) is 69.4. The Labute approximate surface area is 767 Å². The molecule has 6 aliphatic heterocycles. The summed E-state index contributed by atoms with van der Waals surface area (Å²) in [5.41, 5.74) is -5.33. The summed E-state index contributed by atoms with van der Waals surface area (Å²) in [5, 5.41) is 353. The summed E-state index contributed by atoms with van der Waals surface area (Å²) in [5.74, 6) is -15.7. The number of aliphatic hydroxyl groups is 20. The molecule has 29 atom stereocenters. The zero-order valence-corrected chi connectivity index (χ0v) is 70.4. The molecule has 6 aliphatic rings. The fraction of sp³-hybridized carbons (Fsp3) is 0.438. The number of hydrogen-bond donors (Lipinski definition) is 35. The molecule has 6 saturated heterocycles. The molecule has 6 aromatic carbocycles. The second-order valence-corrected chi connectivity index (χ2v) is 30.8. The van der Waals surface area contributed by atoms with Crippen LogP contribution in [0, 0.1) is 0 Å². The van der Waals surface area contributed by atoms with E-state index < -0.39 is 382 Å². The summed E-state index contributed by atoms with van der Waals surface area (Å²) >= 11 is 0. The largest absolute Gasteiger partial charge is 1.00 e. The van der Waals surface area contributed by atoms with Crippen molar-refractivity contribution >= 4 is 32.9 Å². The molecule has 0 unspecified atom stereocenters. The molecule has 53 nitrogen and oxygen atoms in total. The molecule has 0 bridgehead atoms. The number of ether oxygens (including phenoxy) is 12. The van der Waals surface area contributed by atoms with Gasteiger partial charge < -0.3 is 250 Å². The number of aliphatic hydroxyl groups excluding tert-OH is 20. The Balaban J connectivity index is 0.000000193. The van der Waals surface area contributed by atoms with Gasteiger partial charge in [0.15, 0.2) is 87.9 Å². The van der Waals surface area contributed by atoms with Crippen LogP contribution in [0.4, 0.5) is 0 Å². The van der Waals surface area contributed by atoms with Gasteiger partial charge in [-0.25, -0.2) is 0 Å². The van der Waals surface area contributed by atoms with Crippen LogP contribution in [0.3, 0.4) is 0 Å². The summed E-state index contributed by atoms with van der Waals surface area (Å²) in [7, 11) is 0. The van der Waals surface area contributed by atoms with Crippen LogP contribution >= 0.6 is 0 Å². The third kappa shape index (κ3) is 20.1. The summed E-state index contributed by atoms with van der Waals surface area (Å²) < 4.78 is 82.5. The van der Waals surface area contributed by atoms with Gasteiger partial charge >= 0.3 is 29.6 Å². The van der Waals surface area contributed by atoms with Gasteiger partial charge in [0.25, 0.3) is 0 Å². The van der Waals surface area contributed by atoms with Crippen LogP contribution in [0.2, 0.25) is 0 Å². The molecule has 15 rings (SSSR count). The Kier molecular flexibility index (Phi) is 31.6. The summed E-state index contributed by atoms with van der Waals surface area (Å²) in [6.07, 6.45) is -50.8. The Morgan fingerprint density at radius 1 is 0.261 bits per heavy atom. The van der Waals surface area contributed by atoms with Crippen LogP contribution in [-0.2, 0) is 42.6 Å². The molecule has 6 fully saturated rings. The van der Waals surface area contributed by atoms with Gasteiger partial charge in [-0.3, -0.25) is 14.4 Å². The van der Waals surface area contributed by atoms with E-state index >= 15 is 0 Å². The smallest absolute Gasteiger partial charge is 1.00 e. The number of aromatic hydroxyl groups is 15. The molecule has 0 amide bonds. The first-order valence-corrected chi connectivity index (χ1v) is 39.3. The van der Waals surface area contributed by atoms with Crippen molar-refractivity contribution in [3.8, 4) is 137 Å². The van der Waals surface area contributed by atoms with E-state index in [1.807, 2.05) is 0 Å². The van der Waals surface area contributed by atoms with Crippen LogP contribution in [-0.4, -0.2) is 397 Å². The topological polar surface area (TPSA) is 909 Å². The van der Waals surface area contributed by atoms with Gasteiger partial charge in [0.1, 0.15) is 208 Å². The van der Waals surface area contributed by atoms with Crippen molar-refractivity contribution in [3.63, 3.8) is 0 Å². The van der Waals surface area contributed by atoms with Gasteiger partial charge in [-0.1, -0.05) is 0 Å². The van der Waals surface area contributed by atoms with Crippen molar-refractivity contribution in [3.05, 3.63) is 103 Å². The van der Waals surface area contributed by atoms with Gasteiger partial charge in [-0.05, 0) is 36.4 Å². The summed E-state index contributed by atoms with van der Waals surface area (Å²) in [6.45, 7) is -4.45. The standard InChI is InChI=1S/2C27H30O18.C26H28O17.Na.H/c28-5-13-17(35)19(37)21(39)26(42-13)44-24-14(6-29)43-27(22(40)20(24)38)45-25-18(36)15-9(31)3-8(30)4-12(15)41-23(25)7-1-10(32)16(34)11(33)2-7;28-5-13-17(34)20(37)22(39)26(43-13)41-6-14-18(35)21(38)23(40)27(44-14)45-25-19(36)15-9(30)3-8(29)4-12(15)42-24(25)7-1-10(31)16(33)11(32)2-7;27-5-13-17(33)21(37)25(41-13)39-6-14-18(34)20(36)22(38)26(42-14)43-24-19(35)15-9(29)3-8(28)4-12(15)40-23(24)7-1-10(30)16(32)11(31)2-7;;/h1-4,13-14,17,19-22,24,26-35,37-40H,5-6H2;1-4,13-14,17-18,20-23,26-35,37-40H,5-6H2;1-4,13-14,17-18,20-22,25-34,36-38H,5-6H2;;/q;;;+1;-1/t13-,14-,17+,19+,20-,21-,22-,24-,26+,27+;13-,14-,17-,18+,20+,21+,22+,23-,26-,27+;13-,14-,17-,18+,20+,21-,22-,25-,26+;;/m111../s1. The SMILES string of the molecule is O=c1c(O[C@@H]2O[C@H](CO)[C@@H](O[C@@H]3O[C@H](CO)[C@H](O)[C@H](O)[C@H]3O)[C@H](O)[C@H]2O)c(-c2cc(O)c(O)c(O)c2)oc2cc(O)cc(O)c12.O=c1c(O[C@@H]2O[C@H](CO[C@@H]3O[C@H](CO)[C@@H](O)[C@H](O)[C@@H]3O)[C@H](O)[C@H](O)[C@H]2O)c(-c2cc(O)c(O)c(O)c2)oc2cc(O)cc(O)c12.O=c1c(O[C@@H]2O[C@H](CO[C@@H]3O[C@H](CO)[C@@H](O)[C@H]3O)[C@H](O)[C@H](O)[C@H]2O)c(-c2cc(O)c(O)c(O)c2)oc2cc(O)cc(O)c12.[H-].[Na+]. The molecular weight excluding hydrogens is 1830 g/mol. The van der Waals surface area contributed by atoms with Crippen molar-refractivity contribution in [2.45, 2.75) is 178 Å². The minimum atomic E-state index is -2.10. The van der Waals surface area contributed by atoms with E-state index in [0.717, 1.165) is 72.8 Å². The van der Waals surface area contributed by atoms with Crippen LogP contribution in [0.25, 0.3) is 66.9 Å². The minimum Gasteiger partial charge on any atom is -1.00 e. The number of hydrogen-bond acceptors (Lipinski definition) is 53. The van der Waals surface area contributed by atoms with Crippen molar-refractivity contribution in [2.75, 3.05) is 39.6 Å². The first-order valence-electron chi connectivity index (χ1n) is 39.3. The van der Waals surface area contributed by atoms with Crippen molar-refractivity contribution < 1.29 is 280 Å². The van der Waals surface area contributed by atoms with E-state index in [2.05, 4.69) is 0 Å². The predicted octanol–water partition coefficient (Wildman–Crippen LogP) is -11.3. The molecule has 0 aliphatic carbocycles. The van der Waals surface area contributed by atoms with E-state index in [0.29, 0.717) is 0 Å². The molecule has 35 N–H and O–H groups in total. The van der Waals surface area contributed by atoms with Gasteiger partial charge in [0.2, 0.25) is 52.4 Å². The summed E-state index contributed by atoms with van der Waals surface area (Å²) in [4.78, 5) is 40.8. The fourth-order valence-corrected chi connectivity index (χ4v) is 14.8. The Morgan fingerprint density at radius 3 is 0.784 bits per heavy atom. The number of fused-ring (bicyclic) bond motifs is 3.